The number of carbonyl (C=O) groups excluding carboxylic acids is 2. The molecule has 3 N–H and O–H groups in total. The summed E-state index contributed by atoms with van der Waals surface area (Å²) in [7, 11) is -3.81. The fourth-order valence-electron chi connectivity index (χ4n) is 2.20. The van der Waals surface area contributed by atoms with Crippen molar-refractivity contribution in [3.8, 4) is 0 Å². The van der Waals surface area contributed by atoms with E-state index in [2.05, 4.69) is 15.4 Å². The molecule has 2 amide bonds. The number of carbonyl (C=O) groups is 2. The molecule has 7 nitrogen and oxygen atoms in total. The van der Waals surface area contributed by atoms with Crippen LogP contribution in [0.1, 0.15) is 19.4 Å². The number of rotatable bonds is 6. The van der Waals surface area contributed by atoms with Gasteiger partial charge in [-0.25, -0.2) is 8.42 Å². The average Bonchev–Trinajstić information content (AvgIpc) is 2.54. The highest BCUT2D eigenvalue weighted by atomic mass is 32.2. The van der Waals surface area contributed by atoms with Crippen LogP contribution in [0.3, 0.4) is 0 Å². The molecule has 0 aromatic heterocycles. The van der Waals surface area contributed by atoms with Crippen LogP contribution in [0.15, 0.2) is 53.4 Å². The second-order valence-corrected chi connectivity index (χ2v) is 7.62. The summed E-state index contributed by atoms with van der Waals surface area (Å²) in [6.07, 6.45) is 0. The molecular weight excluding hydrogens is 354 g/mol. The van der Waals surface area contributed by atoms with Crippen LogP contribution in [-0.4, -0.2) is 26.3 Å². The fourth-order valence-corrected chi connectivity index (χ4v) is 3.40. The van der Waals surface area contributed by atoms with Gasteiger partial charge in [-0.2, -0.15) is 4.72 Å². The Hall–Kier alpha value is -2.71. The van der Waals surface area contributed by atoms with Crippen molar-refractivity contribution in [2.24, 2.45) is 0 Å². The number of sulfonamides is 1. The Kier molecular flexibility index (Phi) is 6.12. The maximum Gasteiger partial charge on any atom is 0.242 e. The van der Waals surface area contributed by atoms with Gasteiger partial charge in [-0.05, 0) is 44.2 Å². The molecule has 0 saturated heterocycles. The predicted molar refractivity (Wildman–Crippen MR) is 100 cm³/mol. The van der Waals surface area contributed by atoms with Gasteiger partial charge in [-0.1, -0.05) is 23.8 Å². The first-order valence-electron chi connectivity index (χ1n) is 7.95. The number of amides is 2. The molecule has 2 rings (SSSR count). The van der Waals surface area contributed by atoms with E-state index in [1.165, 1.54) is 26.0 Å². The zero-order valence-corrected chi connectivity index (χ0v) is 15.6. The van der Waals surface area contributed by atoms with Crippen molar-refractivity contribution in [3.05, 3.63) is 54.1 Å². The number of aryl methyl sites for hydroxylation is 1. The largest absolute Gasteiger partial charge is 0.326 e. The third-order valence-electron chi connectivity index (χ3n) is 3.51. The minimum Gasteiger partial charge on any atom is -0.326 e. The maximum atomic E-state index is 12.3. The number of nitrogens with one attached hydrogen (secondary N) is 3. The SMILES string of the molecule is CC(=O)Nc1cccc(NC(=O)[C@@H](C)NS(=O)(=O)c2ccc(C)cc2)c1. The molecule has 0 heterocycles. The van der Waals surface area contributed by atoms with E-state index in [0.29, 0.717) is 11.4 Å². The molecule has 0 aliphatic carbocycles. The Bertz CT molecular complexity index is 908. The smallest absolute Gasteiger partial charge is 0.242 e. The summed E-state index contributed by atoms with van der Waals surface area (Å²) >= 11 is 0. The molecule has 1 atom stereocenters. The normalized spacial score (nSPS) is 12.3. The summed E-state index contributed by atoms with van der Waals surface area (Å²) in [6, 6.07) is 11.9. The summed E-state index contributed by atoms with van der Waals surface area (Å²) < 4.78 is 27.0. The van der Waals surface area contributed by atoms with Crippen LogP contribution < -0.4 is 15.4 Å². The summed E-state index contributed by atoms with van der Waals surface area (Å²) in [6.45, 7) is 4.70. The Morgan fingerprint density at radius 2 is 1.54 bits per heavy atom. The number of benzene rings is 2. The first-order chi connectivity index (χ1) is 12.2. The van der Waals surface area contributed by atoms with Gasteiger partial charge in [0, 0.05) is 18.3 Å². The third kappa shape index (κ3) is 5.40. The van der Waals surface area contributed by atoms with Crippen LogP contribution in [-0.2, 0) is 19.6 Å². The lowest BCUT2D eigenvalue weighted by Crippen LogP contribution is -2.41. The molecule has 0 aliphatic heterocycles. The topological polar surface area (TPSA) is 104 Å². The second kappa shape index (κ2) is 8.11. The van der Waals surface area contributed by atoms with Crippen molar-refractivity contribution in [3.63, 3.8) is 0 Å². The predicted octanol–water partition coefficient (Wildman–Crippen LogP) is 2.26. The van der Waals surface area contributed by atoms with Gasteiger partial charge in [-0.3, -0.25) is 9.59 Å². The molecule has 0 fully saturated rings. The van der Waals surface area contributed by atoms with Crippen LogP contribution >= 0.6 is 0 Å². The fraction of sp³-hybridized carbons (Fsp3) is 0.222. The quantitative estimate of drug-likeness (QED) is 0.720. The van der Waals surface area contributed by atoms with E-state index in [0.717, 1.165) is 5.56 Å². The Morgan fingerprint density at radius 1 is 0.962 bits per heavy atom. The number of anilines is 2. The maximum absolute atomic E-state index is 12.3. The summed E-state index contributed by atoms with van der Waals surface area (Å²) in [5.41, 5.74) is 1.92. The highest BCUT2D eigenvalue weighted by Crippen LogP contribution is 2.16. The minimum absolute atomic E-state index is 0.0930. The Balaban J connectivity index is 2.05. The van der Waals surface area contributed by atoms with Crippen molar-refractivity contribution in [1.82, 2.24) is 4.72 Å². The van der Waals surface area contributed by atoms with Crippen molar-refractivity contribution in [2.45, 2.75) is 31.7 Å². The molecule has 0 spiro atoms. The lowest BCUT2D eigenvalue weighted by Gasteiger charge is -2.15. The number of hydrogen-bond acceptors (Lipinski definition) is 4. The van der Waals surface area contributed by atoms with Crippen LogP contribution in [0.25, 0.3) is 0 Å². The van der Waals surface area contributed by atoms with Crippen LogP contribution in [0.2, 0.25) is 0 Å². The van der Waals surface area contributed by atoms with Gasteiger partial charge in [0.15, 0.2) is 0 Å². The van der Waals surface area contributed by atoms with Crippen molar-refractivity contribution in [1.29, 1.82) is 0 Å². The second-order valence-electron chi connectivity index (χ2n) is 5.91. The third-order valence-corrected chi connectivity index (χ3v) is 5.06. The van der Waals surface area contributed by atoms with Crippen molar-refractivity contribution in [2.75, 3.05) is 10.6 Å². The average molecular weight is 375 g/mol. The first kappa shape index (κ1) is 19.6. The lowest BCUT2D eigenvalue weighted by molar-refractivity contribution is -0.117. The van der Waals surface area contributed by atoms with E-state index >= 15 is 0 Å². The van der Waals surface area contributed by atoms with Gasteiger partial charge in [0.25, 0.3) is 0 Å². The summed E-state index contributed by atoms with van der Waals surface area (Å²) in [5.74, 6) is -0.742. The Morgan fingerprint density at radius 3 is 2.12 bits per heavy atom. The van der Waals surface area contributed by atoms with Gasteiger partial charge in [0.1, 0.15) is 0 Å². The van der Waals surface area contributed by atoms with Crippen LogP contribution in [0, 0.1) is 6.92 Å². The monoisotopic (exact) mass is 375 g/mol. The van der Waals surface area contributed by atoms with Gasteiger partial charge in [0.05, 0.1) is 10.9 Å². The van der Waals surface area contributed by atoms with Crippen molar-refractivity contribution < 1.29 is 18.0 Å². The van der Waals surface area contributed by atoms with Gasteiger partial charge >= 0.3 is 0 Å². The summed E-state index contributed by atoms with van der Waals surface area (Å²) in [4.78, 5) is 23.5. The van der Waals surface area contributed by atoms with Gasteiger partial charge in [0.2, 0.25) is 21.8 Å². The highest BCUT2D eigenvalue weighted by molar-refractivity contribution is 7.89. The van der Waals surface area contributed by atoms with Gasteiger partial charge in [-0.15, -0.1) is 0 Å². The molecular formula is C18H21N3O4S. The van der Waals surface area contributed by atoms with E-state index in [4.69, 9.17) is 0 Å². The van der Waals surface area contributed by atoms with Crippen molar-refractivity contribution >= 4 is 33.2 Å². The Labute approximate surface area is 152 Å². The van der Waals surface area contributed by atoms with E-state index in [-0.39, 0.29) is 10.8 Å². The standard InChI is InChI=1S/C18H21N3O4S/c1-12-7-9-17(10-8-12)26(24,25)21-13(2)18(23)20-16-6-4-5-15(11-16)19-14(3)22/h4-11,13,21H,1-3H3,(H,19,22)(H,20,23)/t13-/m1/s1. The molecule has 0 aliphatic rings. The van der Waals surface area contributed by atoms with Gasteiger partial charge < -0.3 is 10.6 Å². The molecule has 0 saturated carbocycles. The molecule has 0 radical (unpaired) electrons. The zero-order valence-electron chi connectivity index (χ0n) is 14.7. The molecule has 26 heavy (non-hydrogen) atoms. The lowest BCUT2D eigenvalue weighted by atomic mass is 10.2. The molecule has 0 unspecified atom stereocenters. The zero-order chi connectivity index (χ0) is 19.3. The molecule has 138 valence electrons. The first-order valence-corrected chi connectivity index (χ1v) is 9.43. The van der Waals surface area contributed by atoms with Crippen LogP contribution in [0.4, 0.5) is 11.4 Å². The molecule has 2 aromatic carbocycles. The molecule has 8 heteroatoms. The van der Waals surface area contributed by atoms with E-state index in [1.54, 1.807) is 36.4 Å². The molecule has 0 bridgehead atoms. The highest BCUT2D eigenvalue weighted by Gasteiger charge is 2.22. The van der Waals surface area contributed by atoms with E-state index < -0.39 is 22.0 Å². The minimum atomic E-state index is -3.81. The summed E-state index contributed by atoms with van der Waals surface area (Å²) in [5, 5.41) is 5.23. The van der Waals surface area contributed by atoms with E-state index in [9.17, 15) is 18.0 Å². The molecule has 2 aromatic rings. The number of hydrogen-bond donors (Lipinski definition) is 3. The van der Waals surface area contributed by atoms with E-state index in [1.807, 2.05) is 6.92 Å². The van der Waals surface area contributed by atoms with Crippen LogP contribution in [0.5, 0.6) is 0 Å².